The zero-order valence-corrected chi connectivity index (χ0v) is 39.0. The highest BCUT2D eigenvalue weighted by Gasteiger charge is 2.26. The molecule has 0 radical (unpaired) electrons. The van der Waals surface area contributed by atoms with Crippen LogP contribution in [-0.4, -0.2) is 107 Å². The summed E-state index contributed by atoms with van der Waals surface area (Å²) in [4.78, 5) is 32.2. The summed E-state index contributed by atoms with van der Waals surface area (Å²) < 4.78 is 57.3. The number of rotatable bonds is 18. The van der Waals surface area contributed by atoms with Crippen LogP contribution in [0.25, 0.3) is 16.9 Å². The number of benzene rings is 5. The van der Waals surface area contributed by atoms with Crippen molar-refractivity contribution in [2.24, 2.45) is 0 Å². The largest absolute Gasteiger partial charge is 0.376 e. The fourth-order valence-corrected chi connectivity index (χ4v) is 9.96. The maximum absolute atomic E-state index is 13.6. The minimum absolute atomic E-state index is 0.0824. The highest BCUT2D eigenvalue weighted by molar-refractivity contribution is 7.99. The quantitative estimate of drug-likeness (QED) is 0.0438. The van der Waals surface area contributed by atoms with Gasteiger partial charge >= 0.3 is 0 Å². The van der Waals surface area contributed by atoms with E-state index in [2.05, 4.69) is 24.9 Å². The van der Waals surface area contributed by atoms with E-state index in [0.29, 0.717) is 66.0 Å². The van der Waals surface area contributed by atoms with E-state index in [-0.39, 0.29) is 27.9 Å². The van der Waals surface area contributed by atoms with Gasteiger partial charge in [0.15, 0.2) is 0 Å². The molecule has 2 heterocycles. The molecule has 65 heavy (non-hydrogen) atoms. The molecule has 1 aliphatic heterocycles. The first-order valence-corrected chi connectivity index (χ1v) is 25.2. The van der Waals surface area contributed by atoms with Crippen molar-refractivity contribution in [3.05, 3.63) is 148 Å². The monoisotopic (exact) mass is 957 g/mol. The van der Waals surface area contributed by atoms with Gasteiger partial charge in [-0.3, -0.25) is 19.6 Å². The van der Waals surface area contributed by atoms with Crippen LogP contribution in [0.4, 0.5) is 28.4 Å². The summed E-state index contributed by atoms with van der Waals surface area (Å²) in [7, 11) is -4.11. The van der Waals surface area contributed by atoms with E-state index in [9.17, 15) is 31.7 Å². The zero-order valence-electron chi connectivity index (χ0n) is 35.8. The smallest absolute Gasteiger partial charge is 0.293 e. The van der Waals surface area contributed by atoms with Crippen molar-refractivity contribution in [1.82, 2.24) is 19.4 Å². The Kier molecular flexibility index (Phi) is 14.7. The predicted molar refractivity (Wildman–Crippen MR) is 259 cm³/mol. The second kappa shape index (κ2) is 20.4. The van der Waals surface area contributed by atoms with Crippen molar-refractivity contribution in [3.8, 4) is 16.9 Å². The van der Waals surface area contributed by atoms with Gasteiger partial charge in [-0.2, -0.15) is 5.10 Å². The minimum atomic E-state index is -4.19. The zero-order chi connectivity index (χ0) is 46.3. The molecule has 340 valence electrons. The Morgan fingerprint density at radius 2 is 1.51 bits per heavy atom. The number of anilines is 4. The van der Waals surface area contributed by atoms with Crippen molar-refractivity contribution in [2.45, 2.75) is 22.3 Å². The maximum atomic E-state index is 13.6. The molecule has 0 unspecified atom stereocenters. The molecule has 7 rings (SSSR count). The number of carbonyl (C=O) groups is 1. The fourth-order valence-electron chi connectivity index (χ4n) is 7.32. The summed E-state index contributed by atoms with van der Waals surface area (Å²) in [6.45, 7) is 3.32. The lowest BCUT2D eigenvalue weighted by atomic mass is 10.1. The van der Waals surface area contributed by atoms with E-state index >= 15 is 0 Å². The summed E-state index contributed by atoms with van der Waals surface area (Å²) in [5, 5.41) is 20.6. The number of halogens is 1. The number of aromatic nitrogens is 2. The molecule has 6 aromatic rings. The molecule has 5 aromatic carbocycles. The van der Waals surface area contributed by atoms with E-state index < -0.39 is 30.9 Å². The van der Waals surface area contributed by atoms with Gasteiger partial charge in [0.2, 0.25) is 10.0 Å². The molecule has 0 spiro atoms. The minimum Gasteiger partial charge on any atom is -0.376 e. The van der Waals surface area contributed by atoms with E-state index in [1.807, 2.05) is 90.4 Å². The summed E-state index contributed by atoms with van der Waals surface area (Å²) in [5.41, 5.74) is 3.75. The molecular formula is C45H48ClN9O7S3. The lowest BCUT2D eigenvalue weighted by Crippen LogP contribution is -2.46. The molecule has 3 N–H and O–H groups in total. The highest BCUT2D eigenvalue weighted by atomic mass is 35.5. The number of amides is 1. The number of nitro groups is 1. The lowest BCUT2D eigenvalue weighted by molar-refractivity contribution is -0.384. The number of nitro benzene ring substituents is 1. The van der Waals surface area contributed by atoms with Crippen LogP contribution in [0.2, 0.25) is 5.02 Å². The predicted octanol–water partition coefficient (Wildman–Crippen LogP) is 7.44. The summed E-state index contributed by atoms with van der Waals surface area (Å²) >= 11 is 7.78. The summed E-state index contributed by atoms with van der Waals surface area (Å²) in [6.07, 6.45) is 2.97. The molecule has 0 aliphatic carbocycles. The number of carbonyl (C=O) groups excluding carboxylic acids is 1. The molecule has 1 amide bonds. The topological polar surface area (TPSA) is 192 Å². The molecule has 1 saturated heterocycles. The third kappa shape index (κ3) is 12.2. The first-order chi connectivity index (χ1) is 31.0. The number of hydrogen-bond donors (Lipinski definition) is 3. The normalized spacial score (nSPS) is 13.7. The standard InChI is InChI=1S/C45H48ClN9O7S3/c1-51(2)23-22-35(31-63-39-10-5-4-6-11-39)48-42-21-20-40(29-43(42)55(57)58)65(61,62)49-34-14-18-36(19-15-34)52-24-26-53(27-25-52)38-9-7-8-32(28-38)44-41(45(56)50-64(3,59)60)30-47-54(44)37-16-12-33(46)13-17-37/h4-21,28-30,35,48-49H,22-27,31H2,1-3H3,(H,50,56)/t35-/m1/s1. The van der Waals surface area contributed by atoms with Crippen LogP contribution in [0.3, 0.4) is 0 Å². The molecule has 0 bridgehead atoms. The van der Waals surface area contributed by atoms with E-state index in [0.717, 1.165) is 35.1 Å². The first-order valence-electron chi connectivity index (χ1n) is 20.5. The van der Waals surface area contributed by atoms with Crippen LogP contribution < -0.4 is 24.6 Å². The van der Waals surface area contributed by atoms with Crippen LogP contribution >= 0.6 is 23.4 Å². The van der Waals surface area contributed by atoms with Gasteiger partial charge in [0.05, 0.1) is 39.2 Å². The van der Waals surface area contributed by atoms with Gasteiger partial charge in [-0.1, -0.05) is 41.9 Å². The van der Waals surface area contributed by atoms with E-state index in [4.69, 9.17) is 11.6 Å². The Labute approximate surface area is 387 Å². The number of thioether (sulfide) groups is 1. The van der Waals surface area contributed by atoms with Gasteiger partial charge in [0.25, 0.3) is 21.6 Å². The van der Waals surface area contributed by atoms with Crippen molar-refractivity contribution in [3.63, 3.8) is 0 Å². The summed E-state index contributed by atoms with van der Waals surface area (Å²) in [6, 6.07) is 35.2. The lowest BCUT2D eigenvalue weighted by Gasteiger charge is -2.37. The fraction of sp³-hybridized carbons (Fsp3) is 0.244. The highest BCUT2D eigenvalue weighted by Crippen LogP contribution is 2.33. The van der Waals surface area contributed by atoms with E-state index in [1.165, 1.54) is 18.3 Å². The first kappa shape index (κ1) is 46.9. The number of sulfonamides is 2. The number of piperazine rings is 1. The third-order valence-electron chi connectivity index (χ3n) is 10.6. The van der Waals surface area contributed by atoms with Crippen LogP contribution in [0.1, 0.15) is 16.8 Å². The third-order valence-corrected chi connectivity index (χ3v) is 13.9. The van der Waals surface area contributed by atoms with Crippen LogP contribution in [-0.2, 0) is 20.0 Å². The molecule has 1 aliphatic rings. The Morgan fingerprint density at radius 3 is 2.15 bits per heavy atom. The second-order valence-corrected chi connectivity index (χ2v) is 20.6. The van der Waals surface area contributed by atoms with Crippen molar-refractivity contribution < 1.29 is 26.6 Å². The van der Waals surface area contributed by atoms with Crippen molar-refractivity contribution in [2.75, 3.05) is 78.7 Å². The van der Waals surface area contributed by atoms with Gasteiger partial charge in [-0.15, -0.1) is 11.8 Å². The Hall–Kier alpha value is -6.12. The Balaban J connectivity index is 1.01. The van der Waals surface area contributed by atoms with Gasteiger partial charge < -0.3 is 20.0 Å². The van der Waals surface area contributed by atoms with Crippen LogP contribution in [0.15, 0.2) is 137 Å². The second-order valence-electron chi connectivity index (χ2n) is 15.7. The molecular weight excluding hydrogens is 910 g/mol. The number of nitrogens with zero attached hydrogens (tertiary/aromatic N) is 6. The molecule has 16 nitrogen and oxygen atoms in total. The van der Waals surface area contributed by atoms with Gasteiger partial charge in [-0.25, -0.2) is 26.2 Å². The van der Waals surface area contributed by atoms with Crippen LogP contribution in [0, 0.1) is 10.1 Å². The van der Waals surface area contributed by atoms with Gasteiger partial charge in [0.1, 0.15) is 5.69 Å². The van der Waals surface area contributed by atoms with Crippen molar-refractivity contribution in [1.29, 1.82) is 0 Å². The van der Waals surface area contributed by atoms with Crippen molar-refractivity contribution >= 4 is 77.8 Å². The Bertz CT molecular complexity index is 2860. The average Bonchev–Trinajstić information content (AvgIpc) is 3.73. The van der Waals surface area contributed by atoms with Gasteiger partial charge in [-0.05, 0) is 112 Å². The summed E-state index contributed by atoms with van der Waals surface area (Å²) in [5.74, 6) is -0.155. The molecule has 1 fully saturated rings. The average molecular weight is 959 g/mol. The number of nitrogens with one attached hydrogen (secondary N) is 3. The molecule has 1 atom stereocenters. The van der Waals surface area contributed by atoms with E-state index in [1.54, 1.807) is 52.8 Å². The molecule has 20 heteroatoms. The molecule has 0 saturated carbocycles. The number of hydrogen-bond acceptors (Lipinski definition) is 13. The molecule has 1 aromatic heterocycles. The van der Waals surface area contributed by atoms with Crippen LogP contribution in [0.5, 0.6) is 0 Å². The SMILES string of the molecule is CN(C)CC[C@H](CSc1ccccc1)Nc1ccc(S(=O)(=O)Nc2ccc(N3CCN(c4cccc(-c5c(C(=O)NS(C)(=O)=O)cnn5-c5ccc(Cl)cc5)c4)CC3)cc2)cc1[N+](=O)[O-]. The maximum Gasteiger partial charge on any atom is 0.293 e. The Morgan fingerprint density at radius 1 is 0.846 bits per heavy atom. The van der Waals surface area contributed by atoms with Gasteiger partial charge in [0, 0.05) is 76.6 Å².